The molecular weight excluding hydrogens is 132 g/mol. The van der Waals surface area contributed by atoms with Crippen LogP contribution in [0.3, 0.4) is 0 Å². The highest BCUT2D eigenvalue weighted by Crippen LogP contribution is 2.06. The predicted octanol–water partition coefficient (Wildman–Crippen LogP) is 1.09. The van der Waals surface area contributed by atoms with E-state index >= 15 is 0 Å². The zero-order chi connectivity index (χ0) is 6.85. The number of aromatic nitrogens is 2. The fourth-order valence-electron chi connectivity index (χ4n) is 0.779. The van der Waals surface area contributed by atoms with Gasteiger partial charge in [0.2, 0.25) is 0 Å². The van der Waals surface area contributed by atoms with Crippen molar-refractivity contribution in [2.45, 2.75) is 19.8 Å². The van der Waals surface area contributed by atoms with Gasteiger partial charge in [-0.25, -0.2) is 4.57 Å². The predicted molar refractivity (Wildman–Crippen MR) is 37.4 cm³/mol. The van der Waals surface area contributed by atoms with Gasteiger partial charge < -0.3 is 0 Å². The second-order valence-corrected chi connectivity index (χ2v) is 3.03. The van der Waals surface area contributed by atoms with Crippen LogP contribution < -0.4 is 4.57 Å². The molecule has 9 heavy (non-hydrogen) atoms. The molecule has 0 aliphatic carbocycles. The summed E-state index contributed by atoms with van der Waals surface area (Å²) >= 11 is 1.51. The van der Waals surface area contributed by atoms with Crippen LogP contribution in [0.15, 0.2) is 5.51 Å². The van der Waals surface area contributed by atoms with Crippen LogP contribution in [0, 0.1) is 0 Å². The summed E-state index contributed by atoms with van der Waals surface area (Å²) in [4.78, 5) is 0. The van der Waals surface area contributed by atoms with E-state index in [4.69, 9.17) is 0 Å². The summed E-state index contributed by atoms with van der Waals surface area (Å²) in [5, 5.41) is 0. The fraction of sp³-hybridized carbons (Fsp3) is 0.667. The molecule has 0 unspecified atom stereocenters. The summed E-state index contributed by atoms with van der Waals surface area (Å²) < 4.78 is 6.28. The molecule has 0 bridgehead atoms. The molecule has 0 radical (unpaired) electrons. The van der Waals surface area contributed by atoms with Gasteiger partial charge in [0.1, 0.15) is 11.5 Å². The van der Waals surface area contributed by atoms with Crippen molar-refractivity contribution in [1.29, 1.82) is 0 Å². The van der Waals surface area contributed by atoms with Gasteiger partial charge in [-0.05, 0) is 0 Å². The van der Waals surface area contributed by atoms with E-state index in [0.717, 1.165) is 0 Å². The summed E-state index contributed by atoms with van der Waals surface area (Å²) in [6.45, 7) is 4.30. The van der Waals surface area contributed by atoms with Crippen molar-refractivity contribution in [3.63, 3.8) is 0 Å². The molecule has 1 rings (SSSR count). The molecule has 0 aromatic carbocycles. The molecule has 0 amide bonds. The lowest BCUT2D eigenvalue weighted by Gasteiger charge is -1.91. The first-order chi connectivity index (χ1) is 4.22. The van der Waals surface area contributed by atoms with Gasteiger partial charge in [-0.1, -0.05) is 13.8 Å². The molecule has 0 saturated carbocycles. The fourth-order valence-corrected chi connectivity index (χ4v) is 1.52. The van der Waals surface area contributed by atoms with E-state index in [1.54, 1.807) is 0 Å². The van der Waals surface area contributed by atoms with Crippen molar-refractivity contribution in [3.8, 4) is 0 Å². The Kier molecular flexibility index (Phi) is 1.81. The zero-order valence-corrected chi connectivity index (χ0v) is 6.77. The second-order valence-electron chi connectivity index (χ2n) is 2.43. The third-order valence-electron chi connectivity index (χ3n) is 1.23. The average molecular weight is 143 g/mol. The molecule has 1 aromatic rings. The minimum absolute atomic E-state index is 0.543. The van der Waals surface area contributed by atoms with Gasteiger partial charge in [-0.3, -0.25) is 0 Å². The van der Waals surface area contributed by atoms with E-state index in [-0.39, 0.29) is 0 Å². The minimum atomic E-state index is 0.543. The second kappa shape index (κ2) is 2.43. The Morgan fingerprint density at radius 1 is 1.67 bits per heavy atom. The van der Waals surface area contributed by atoms with E-state index < -0.39 is 0 Å². The zero-order valence-electron chi connectivity index (χ0n) is 5.96. The topological polar surface area (TPSA) is 16.8 Å². The van der Waals surface area contributed by atoms with Crippen LogP contribution in [0.1, 0.15) is 25.6 Å². The summed E-state index contributed by atoms with van der Waals surface area (Å²) in [6.07, 6.45) is 0. The molecule has 0 N–H and O–H groups in total. The average Bonchev–Trinajstić information content (AvgIpc) is 2.13. The van der Waals surface area contributed by atoms with Gasteiger partial charge in [-0.15, -0.1) is 0 Å². The van der Waals surface area contributed by atoms with Crippen LogP contribution in [0.4, 0.5) is 0 Å². The van der Waals surface area contributed by atoms with Gasteiger partial charge in [0, 0.05) is 4.37 Å². The molecule has 0 spiro atoms. The first kappa shape index (κ1) is 6.68. The van der Waals surface area contributed by atoms with E-state index in [9.17, 15) is 0 Å². The molecule has 2 nitrogen and oxygen atoms in total. The number of aryl methyl sites for hydroxylation is 1. The highest BCUT2D eigenvalue weighted by Gasteiger charge is 2.14. The van der Waals surface area contributed by atoms with E-state index in [1.807, 2.05) is 12.6 Å². The van der Waals surface area contributed by atoms with Crippen molar-refractivity contribution >= 4 is 11.5 Å². The maximum Gasteiger partial charge on any atom is 0.316 e. The lowest BCUT2D eigenvalue weighted by molar-refractivity contribution is -0.677. The van der Waals surface area contributed by atoms with Crippen molar-refractivity contribution < 1.29 is 4.57 Å². The molecule has 0 atom stereocenters. The molecule has 1 heterocycles. The van der Waals surface area contributed by atoms with Gasteiger partial charge in [0.15, 0.2) is 5.51 Å². The summed E-state index contributed by atoms with van der Waals surface area (Å²) in [7, 11) is 2.03. The van der Waals surface area contributed by atoms with E-state index in [2.05, 4.69) is 22.8 Å². The molecule has 3 heteroatoms. The van der Waals surface area contributed by atoms with Crippen molar-refractivity contribution in [1.82, 2.24) is 4.37 Å². The Balaban J connectivity index is 2.94. The SMILES string of the molecule is CC(C)c1nsc[n+]1C. The van der Waals surface area contributed by atoms with Crippen LogP contribution >= 0.6 is 11.5 Å². The normalized spacial score (nSPS) is 10.7. The Labute approximate surface area is 59.3 Å². The van der Waals surface area contributed by atoms with E-state index in [1.165, 1.54) is 17.4 Å². The largest absolute Gasteiger partial charge is 0.316 e. The summed E-state index contributed by atoms with van der Waals surface area (Å²) in [5.74, 6) is 1.71. The minimum Gasteiger partial charge on any atom is -0.224 e. The van der Waals surface area contributed by atoms with Crippen molar-refractivity contribution in [3.05, 3.63) is 11.3 Å². The number of hydrogen-bond donors (Lipinski definition) is 0. The van der Waals surface area contributed by atoms with Crippen LogP contribution in [0.25, 0.3) is 0 Å². The first-order valence-electron chi connectivity index (χ1n) is 3.01. The molecule has 0 aliphatic rings. The van der Waals surface area contributed by atoms with Crippen LogP contribution in [0.2, 0.25) is 0 Å². The Bertz CT molecular complexity index is 193. The smallest absolute Gasteiger partial charge is 0.224 e. The maximum absolute atomic E-state index is 4.22. The quantitative estimate of drug-likeness (QED) is 0.538. The number of rotatable bonds is 1. The Morgan fingerprint density at radius 2 is 2.33 bits per heavy atom. The van der Waals surface area contributed by atoms with Crippen molar-refractivity contribution in [2.75, 3.05) is 0 Å². The lowest BCUT2D eigenvalue weighted by atomic mass is 10.2. The third-order valence-corrected chi connectivity index (χ3v) is 1.93. The molecular formula is C6H11N2S+. The van der Waals surface area contributed by atoms with Crippen molar-refractivity contribution in [2.24, 2.45) is 7.05 Å². The third kappa shape index (κ3) is 1.27. The molecule has 0 saturated heterocycles. The van der Waals surface area contributed by atoms with Crippen LogP contribution in [-0.4, -0.2) is 4.37 Å². The Morgan fingerprint density at radius 3 is 2.56 bits per heavy atom. The van der Waals surface area contributed by atoms with Crippen LogP contribution in [0.5, 0.6) is 0 Å². The molecule has 1 aromatic heterocycles. The van der Waals surface area contributed by atoms with Crippen LogP contribution in [-0.2, 0) is 7.05 Å². The maximum atomic E-state index is 4.22. The first-order valence-corrected chi connectivity index (χ1v) is 3.85. The number of nitrogens with zero attached hydrogens (tertiary/aromatic N) is 2. The van der Waals surface area contributed by atoms with Gasteiger partial charge >= 0.3 is 5.82 Å². The van der Waals surface area contributed by atoms with Gasteiger partial charge in [-0.2, -0.15) is 0 Å². The highest BCUT2D eigenvalue weighted by molar-refractivity contribution is 7.02. The summed E-state index contributed by atoms with van der Waals surface area (Å²) in [5.41, 5.74) is 2.01. The molecule has 0 aliphatic heterocycles. The molecule has 0 fully saturated rings. The monoisotopic (exact) mass is 143 g/mol. The number of hydrogen-bond acceptors (Lipinski definition) is 2. The Hall–Kier alpha value is -0.440. The van der Waals surface area contributed by atoms with E-state index in [0.29, 0.717) is 5.92 Å². The van der Waals surface area contributed by atoms with Gasteiger partial charge in [0.05, 0.1) is 13.0 Å². The summed E-state index contributed by atoms with van der Waals surface area (Å²) in [6, 6.07) is 0. The van der Waals surface area contributed by atoms with Gasteiger partial charge in [0.25, 0.3) is 0 Å². The lowest BCUT2D eigenvalue weighted by Crippen LogP contribution is -2.30. The standard InChI is InChI=1S/C6H11N2S/c1-5(2)6-7-9-4-8(6)3/h4-5H,1-3H3/q+1. The highest BCUT2D eigenvalue weighted by atomic mass is 32.1. The molecule has 50 valence electrons.